The van der Waals surface area contributed by atoms with Crippen LogP contribution in [0.25, 0.3) is 0 Å². The number of carbonyl (C=O) groups excluding carboxylic acids is 1. The van der Waals surface area contributed by atoms with Gasteiger partial charge in [0.15, 0.2) is 0 Å². The molecule has 1 aromatic rings. The van der Waals surface area contributed by atoms with Crippen molar-refractivity contribution in [2.24, 2.45) is 0 Å². The van der Waals surface area contributed by atoms with Crippen LogP contribution in [0.5, 0.6) is 0 Å². The number of aromatic nitrogens is 1. The van der Waals surface area contributed by atoms with Crippen LogP contribution in [0.1, 0.15) is 18.7 Å². The monoisotopic (exact) mass is 210 g/mol. The van der Waals surface area contributed by atoms with Crippen molar-refractivity contribution in [2.75, 3.05) is 0 Å². The molecule has 0 spiro atoms. The van der Waals surface area contributed by atoms with Crippen LogP contribution in [0.3, 0.4) is 0 Å². The Hall–Kier alpha value is -1.35. The molecule has 1 heterocycles. The molecule has 0 aliphatic rings. The molecule has 1 aromatic heterocycles. The summed E-state index contributed by atoms with van der Waals surface area (Å²) < 4.78 is 0. The number of nitrogens with zero attached hydrogens (tertiary/aromatic N) is 1. The minimum absolute atomic E-state index is 0.141. The van der Waals surface area contributed by atoms with E-state index < -0.39 is 0 Å². The van der Waals surface area contributed by atoms with Gasteiger partial charge in [-0.1, -0.05) is 18.2 Å². The zero-order valence-corrected chi connectivity index (χ0v) is 8.58. The molecule has 0 fully saturated rings. The van der Waals surface area contributed by atoms with Crippen molar-refractivity contribution in [2.45, 2.75) is 13.0 Å². The number of pyridine rings is 1. The average Bonchev–Trinajstić information content (AvgIpc) is 2.18. The zero-order valence-electron chi connectivity index (χ0n) is 7.83. The molecule has 74 valence electrons. The highest BCUT2D eigenvalue weighted by Crippen LogP contribution is 2.12. The number of amides is 1. The van der Waals surface area contributed by atoms with Crippen molar-refractivity contribution in [3.05, 3.63) is 41.7 Å². The summed E-state index contributed by atoms with van der Waals surface area (Å²) in [5.74, 6) is -0.214. The standard InChI is InChI=1S/C10H11ClN2O/c1-3-10(14)13-7(2)9-5-4-8(11)6-12-9/h3-7H,1H2,2H3,(H,13,14)/t7-/m1/s1. The van der Waals surface area contributed by atoms with Crippen molar-refractivity contribution in [3.63, 3.8) is 0 Å². The average molecular weight is 211 g/mol. The molecule has 0 saturated carbocycles. The molecule has 0 saturated heterocycles. The normalized spacial score (nSPS) is 11.9. The summed E-state index contributed by atoms with van der Waals surface area (Å²) in [6.45, 7) is 5.21. The van der Waals surface area contributed by atoms with E-state index in [0.29, 0.717) is 5.02 Å². The summed E-state index contributed by atoms with van der Waals surface area (Å²) in [5, 5.41) is 3.28. The summed E-state index contributed by atoms with van der Waals surface area (Å²) in [7, 11) is 0. The van der Waals surface area contributed by atoms with E-state index in [4.69, 9.17) is 11.6 Å². The first kappa shape index (κ1) is 10.7. The molecule has 1 amide bonds. The lowest BCUT2D eigenvalue weighted by atomic mass is 10.2. The number of hydrogen-bond donors (Lipinski definition) is 1. The fourth-order valence-corrected chi connectivity index (χ4v) is 1.10. The van der Waals surface area contributed by atoms with Gasteiger partial charge in [-0.05, 0) is 25.1 Å². The van der Waals surface area contributed by atoms with E-state index >= 15 is 0 Å². The van der Waals surface area contributed by atoms with Crippen LogP contribution in [0.2, 0.25) is 5.02 Å². The molecule has 3 nitrogen and oxygen atoms in total. The van der Waals surface area contributed by atoms with E-state index in [0.717, 1.165) is 5.69 Å². The highest BCUT2D eigenvalue weighted by atomic mass is 35.5. The zero-order chi connectivity index (χ0) is 10.6. The third kappa shape index (κ3) is 2.85. The van der Waals surface area contributed by atoms with E-state index in [1.807, 2.05) is 6.92 Å². The lowest BCUT2D eigenvalue weighted by molar-refractivity contribution is -0.117. The van der Waals surface area contributed by atoms with Crippen molar-refractivity contribution in [1.82, 2.24) is 10.3 Å². The molecular formula is C10H11ClN2O. The lowest BCUT2D eigenvalue weighted by Gasteiger charge is -2.11. The van der Waals surface area contributed by atoms with E-state index in [1.165, 1.54) is 6.08 Å². The quantitative estimate of drug-likeness (QED) is 0.777. The predicted molar refractivity (Wildman–Crippen MR) is 56.0 cm³/mol. The van der Waals surface area contributed by atoms with Gasteiger partial charge < -0.3 is 5.32 Å². The first-order chi connectivity index (χ1) is 6.63. The van der Waals surface area contributed by atoms with Crippen molar-refractivity contribution >= 4 is 17.5 Å². The van der Waals surface area contributed by atoms with Crippen LogP contribution in [-0.4, -0.2) is 10.9 Å². The third-order valence-corrected chi connectivity index (χ3v) is 1.96. The van der Waals surface area contributed by atoms with E-state index in [-0.39, 0.29) is 11.9 Å². The van der Waals surface area contributed by atoms with Gasteiger partial charge in [0.25, 0.3) is 0 Å². The van der Waals surface area contributed by atoms with Gasteiger partial charge in [0, 0.05) is 6.20 Å². The number of hydrogen-bond acceptors (Lipinski definition) is 2. The Labute approximate surface area is 87.8 Å². The lowest BCUT2D eigenvalue weighted by Crippen LogP contribution is -2.25. The van der Waals surface area contributed by atoms with Crippen molar-refractivity contribution in [3.8, 4) is 0 Å². The molecular weight excluding hydrogens is 200 g/mol. The van der Waals surface area contributed by atoms with Crippen LogP contribution >= 0.6 is 11.6 Å². The summed E-state index contributed by atoms with van der Waals surface area (Å²) >= 11 is 5.68. The Morgan fingerprint density at radius 1 is 1.71 bits per heavy atom. The van der Waals surface area contributed by atoms with Crippen molar-refractivity contribution < 1.29 is 4.79 Å². The van der Waals surface area contributed by atoms with Crippen LogP contribution in [0.4, 0.5) is 0 Å². The highest BCUT2D eigenvalue weighted by molar-refractivity contribution is 6.30. The Balaban J connectivity index is 2.69. The molecule has 0 aliphatic heterocycles. The van der Waals surface area contributed by atoms with Crippen LogP contribution in [0.15, 0.2) is 31.0 Å². The SMILES string of the molecule is C=CC(=O)N[C@H](C)c1ccc(Cl)cn1. The van der Waals surface area contributed by atoms with Gasteiger partial charge in [0.1, 0.15) is 0 Å². The number of nitrogens with one attached hydrogen (secondary N) is 1. The summed E-state index contributed by atoms with van der Waals surface area (Å²) in [5.41, 5.74) is 0.768. The molecule has 1 N–H and O–H groups in total. The van der Waals surface area contributed by atoms with Crippen LogP contribution in [0, 0.1) is 0 Å². The van der Waals surface area contributed by atoms with Gasteiger partial charge in [-0.25, -0.2) is 0 Å². The molecule has 0 unspecified atom stereocenters. The minimum atomic E-state index is -0.214. The minimum Gasteiger partial charge on any atom is -0.344 e. The smallest absolute Gasteiger partial charge is 0.243 e. The molecule has 0 bridgehead atoms. The van der Waals surface area contributed by atoms with Crippen LogP contribution in [-0.2, 0) is 4.79 Å². The Morgan fingerprint density at radius 2 is 2.43 bits per heavy atom. The predicted octanol–water partition coefficient (Wildman–Crippen LogP) is 2.10. The Morgan fingerprint density at radius 3 is 2.93 bits per heavy atom. The fraction of sp³-hybridized carbons (Fsp3) is 0.200. The van der Waals surface area contributed by atoms with Gasteiger partial charge in [-0.15, -0.1) is 0 Å². The first-order valence-corrected chi connectivity index (χ1v) is 4.55. The maximum absolute atomic E-state index is 11.0. The maximum atomic E-state index is 11.0. The highest BCUT2D eigenvalue weighted by Gasteiger charge is 2.07. The molecule has 4 heteroatoms. The van der Waals surface area contributed by atoms with E-state index in [9.17, 15) is 4.79 Å². The first-order valence-electron chi connectivity index (χ1n) is 4.18. The molecule has 1 rings (SSSR count). The number of carbonyl (C=O) groups is 1. The van der Waals surface area contributed by atoms with Gasteiger partial charge in [0.2, 0.25) is 5.91 Å². The number of halogens is 1. The second-order valence-electron chi connectivity index (χ2n) is 2.84. The van der Waals surface area contributed by atoms with Gasteiger partial charge in [-0.2, -0.15) is 0 Å². The molecule has 0 aromatic carbocycles. The molecule has 14 heavy (non-hydrogen) atoms. The van der Waals surface area contributed by atoms with Crippen molar-refractivity contribution in [1.29, 1.82) is 0 Å². The Bertz CT molecular complexity index is 334. The van der Waals surface area contributed by atoms with Gasteiger partial charge >= 0.3 is 0 Å². The van der Waals surface area contributed by atoms with Crippen LogP contribution < -0.4 is 5.32 Å². The molecule has 0 aliphatic carbocycles. The topological polar surface area (TPSA) is 42.0 Å². The second kappa shape index (κ2) is 4.77. The van der Waals surface area contributed by atoms with Gasteiger partial charge in [0.05, 0.1) is 16.8 Å². The summed E-state index contributed by atoms with van der Waals surface area (Å²) in [6.07, 6.45) is 2.78. The van der Waals surface area contributed by atoms with E-state index in [1.54, 1.807) is 18.3 Å². The second-order valence-corrected chi connectivity index (χ2v) is 3.27. The summed E-state index contributed by atoms with van der Waals surface area (Å²) in [4.78, 5) is 15.1. The maximum Gasteiger partial charge on any atom is 0.243 e. The van der Waals surface area contributed by atoms with E-state index in [2.05, 4.69) is 16.9 Å². The third-order valence-electron chi connectivity index (χ3n) is 1.74. The van der Waals surface area contributed by atoms with Gasteiger partial charge in [-0.3, -0.25) is 9.78 Å². The number of rotatable bonds is 3. The molecule has 1 atom stereocenters. The Kier molecular flexibility index (Phi) is 3.65. The fourth-order valence-electron chi connectivity index (χ4n) is 0.990. The molecule has 0 radical (unpaired) electrons. The summed E-state index contributed by atoms with van der Waals surface area (Å²) in [6, 6.07) is 3.37. The largest absolute Gasteiger partial charge is 0.344 e.